The molecular weight excluding hydrogens is 398 g/mol. The Labute approximate surface area is 183 Å². The van der Waals surface area contributed by atoms with Gasteiger partial charge in [0.2, 0.25) is 0 Å². The molecule has 160 valence electrons. The summed E-state index contributed by atoms with van der Waals surface area (Å²) in [6.45, 7) is 2.80. The summed E-state index contributed by atoms with van der Waals surface area (Å²) in [6.07, 6.45) is 8.14. The molecule has 1 aliphatic rings. The number of hydrogen-bond donors (Lipinski definition) is 1. The Morgan fingerprint density at radius 3 is 2.70 bits per heavy atom. The quantitative estimate of drug-likeness (QED) is 0.528. The van der Waals surface area contributed by atoms with Gasteiger partial charge >= 0.3 is 0 Å². The van der Waals surface area contributed by atoms with Gasteiger partial charge in [0.25, 0.3) is 0 Å². The monoisotopic (exact) mass is 427 g/mol. The molecule has 0 unspecified atom stereocenters. The molecule has 0 saturated heterocycles. The van der Waals surface area contributed by atoms with E-state index in [-0.39, 0.29) is 0 Å². The number of ether oxygens (including phenoxy) is 1. The number of aryl methyl sites for hydroxylation is 2. The van der Waals surface area contributed by atoms with E-state index in [0.717, 1.165) is 46.8 Å². The average molecular weight is 428 g/mol. The van der Waals surface area contributed by atoms with Gasteiger partial charge in [-0.25, -0.2) is 9.97 Å². The van der Waals surface area contributed by atoms with Gasteiger partial charge in [-0.2, -0.15) is 5.10 Å². The van der Waals surface area contributed by atoms with Crippen molar-refractivity contribution in [1.29, 1.82) is 0 Å². The predicted molar refractivity (Wildman–Crippen MR) is 121 cm³/mol. The fourth-order valence-electron chi connectivity index (χ4n) is 4.34. The van der Waals surface area contributed by atoms with Gasteiger partial charge in [0, 0.05) is 19.5 Å². The van der Waals surface area contributed by atoms with Crippen LogP contribution >= 0.6 is 11.6 Å². The maximum Gasteiger partial charge on any atom is 0.156 e. The highest BCUT2D eigenvalue weighted by Gasteiger charge is 2.23. The lowest BCUT2D eigenvalue weighted by molar-refractivity contribution is 0.415. The lowest BCUT2D eigenvalue weighted by Crippen LogP contribution is -2.12. The second-order valence-electron chi connectivity index (χ2n) is 8.11. The van der Waals surface area contributed by atoms with Gasteiger partial charge in [-0.1, -0.05) is 50.3 Å². The molecule has 3 aromatic rings. The molecule has 0 spiro atoms. The van der Waals surface area contributed by atoms with Crippen LogP contribution in [0.3, 0.4) is 0 Å². The molecule has 4 rings (SSSR count). The largest absolute Gasteiger partial charge is 0.495 e. The Morgan fingerprint density at radius 1 is 1.20 bits per heavy atom. The van der Waals surface area contributed by atoms with Crippen molar-refractivity contribution in [3.8, 4) is 5.75 Å². The zero-order valence-corrected chi connectivity index (χ0v) is 18.8. The zero-order valence-electron chi connectivity index (χ0n) is 18.0. The van der Waals surface area contributed by atoms with Crippen molar-refractivity contribution in [3.05, 3.63) is 40.3 Å². The molecule has 6 nitrogen and oxygen atoms in total. The number of hydrogen-bond acceptors (Lipinski definition) is 5. The molecule has 7 heteroatoms. The number of halogens is 1. The minimum Gasteiger partial charge on any atom is -0.495 e. The van der Waals surface area contributed by atoms with Gasteiger partial charge < -0.3 is 10.1 Å². The normalized spacial score (nSPS) is 14.9. The third kappa shape index (κ3) is 4.24. The minimum absolute atomic E-state index is 0.439. The molecule has 1 N–H and O–H groups in total. The predicted octanol–water partition coefficient (Wildman–Crippen LogP) is 5.64. The second kappa shape index (κ2) is 9.21. The first kappa shape index (κ1) is 20.9. The van der Waals surface area contributed by atoms with Crippen LogP contribution in [0.2, 0.25) is 5.02 Å². The molecule has 2 heterocycles. The van der Waals surface area contributed by atoms with Crippen molar-refractivity contribution in [2.24, 2.45) is 7.05 Å². The van der Waals surface area contributed by atoms with Crippen molar-refractivity contribution in [2.75, 3.05) is 12.4 Å². The Hall–Kier alpha value is -2.34. The van der Waals surface area contributed by atoms with E-state index in [1.54, 1.807) is 7.11 Å². The van der Waals surface area contributed by atoms with Crippen molar-refractivity contribution >= 4 is 28.5 Å². The van der Waals surface area contributed by atoms with Crippen LogP contribution < -0.4 is 10.1 Å². The van der Waals surface area contributed by atoms with E-state index < -0.39 is 0 Å². The van der Waals surface area contributed by atoms with Gasteiger partial charge in [0.15, 0.2) is 5.82 Å². The number of benzene rings is 1. The molecule has 0 amide bonds. The summed E-state index contributed by atoms with van der Waals surface area (Å²) >= 11 is 6.30. The van der Waals surface area contributed by atoms with Crippen LogP contribution in [-0.4, -0.2) is 26.9 Å². The van der Waals surface area contributed by atoms with Gasteiger partial charge in [0.1, 0.15) is 22.6 Å². The summed E-state index contributed by atoms with van der Waals surface area (Å²) in [7, 11) is 3.60. The third-order valence-corrected chi connectivity index (χ3v) is 6.20. The molecule has 1 aliphatic carbocycles. The summed E-state index contributed by atoms with van der Waals surface area (Å²) in [5.74, 6) is 2.93. The lowest BCUT2D eigenvalue weighted by atomic mass is 9.88. The van der Waals surface area contributed by atoms with Crippen LogP contribution in [0.4, 0.5) is 5.82 Å². The van der Waals surface area contributed by atoms with Crippen molar-refractivity contribution in [1.82, 2.24) is 19.7 Å². The summed E-state index contributed by atoms with van der Waals surface area (Å²) in [4.78, 5) is 10.0. The molecule has 0 atom stereocenters. The van der Waals surface area contributed by atoms with Crippen LogP contribution in [0, 0.1) is 0 Å². The Kier molecular flexibility index (Phi) is 6.42. The number of fused-ring (bicyclic) bond motifs is 1. The topological polar surface area (TPSA) is 64.9 Å². The van der Waals surface area contributed by atoms with E-state index in [1.807, 2.05) is 29.9 Å². The molecule has 2 aromatic heterocycles. The molecule has 1 saturated carbocycles. The summed E-state index contributed by atoms with van der Waals surface area (Å²) < 4.78 is 7.17. The molecule has 0 bridgehead atoms. The van der Waals surface area contributed by atoms with Crippen molar-refractivity contribution in [3.63, 3.8) is 0 Å². The summed E-state index contributed by atoms with van der Waals surface area (Å²) in [5.41, 5.74) is 4.09. The number of nitrogens with zero attached hydrogens (tertiary/aromatic N) is 4. The Bertz CT molecular complexity index is 1030. The van der Waals surface area contributed by atoms with Crippen LogP contribution in [0.25, 0.3) is 11.0 Å². The molecule has 1 fully saturated rings. The lowest BCUT2D eigenvalue weighted by Gasteiger charge is -2.21. The fraction of sp³-hybridized carbons (Fsp3) is 0.522. The average Bonchev–Trinajstić information content (AvgIpc) is 3.08. The first-order chi connectivity index (χ1) is 14.6. The van der Waals surface area contributed by atoms with Gasteiger partial charge in [-0.15, -0.1) is 0 Å². The third-order valence-electron chi connectivity index (χ3n) is 5.90. The minimum atomic E-state index is 0.439. The van der Waals surface area contributed by atoms with Crippen LogP contribution in [0.5, 0.6) is 5.75 Å². The van der Waals surface area contributed by atoms with E-state index in [1.165, 1.54) is 32.1 Å². The summed E-state index contributed by atoms with van der Waals surface area (Å²) in [6, 6.07) is 5.84. The van der Waals surface area contributed by atoms with E-state index >= 15 is 0 Å². The molecular formula is C23H30ClN5O. The highest BCUT2D eigenvalue weighted by atomic mass is 35.5. The zero-order chi connectivity index (χ0) is 21.1. The number of anilines is 1. The second-order valence-corrected chi connectivity index (χ2v) is 8.51. The first-order valence-electron chi connectivity index (χ1n) is 10.9. The van der Waals surface area contributed by atoms with Crippen LogP contribution in [0.1, 0.15) is 68.4 Å². The van der Waals surface area contributed by atoms with Crippen LogP contribution in [0.15, 0.2) is 18.2 Å². The summed E-state index contributed by atoms with van der Waals surface area (Å²) in [5, 5.41) is 8.90. The number of aromatic nitrogens is 4. The highest BCUT2D eigenvalue weighted by Crippen LogP contribution is 2.34. The van der Waals surface area contributed by atoms with Gasteiger partial charge in [0.05, 0.1) is 17.8 Å². The molecule has 30 heavy (non-hydrogen) atoms. The SMILES string of the molecule is CCCc1nn(C)c2c(NCc3ccc(OC)c(Cl)c3)nc(C3CCCCC3)nc12. The van der Waals surface area contributed by atoms with Gasteiger partial charge in [-0.3, -0.25) is 4.68 Å². The molecule has 0 radical (unpaired) electrons. The number of nitrogens with one attached hydrogen (secondary N) is 1. The standard InChI is InChI=1S/C23H30ClN5O/c1-4-8-18-20-21(29(2)28-18)23(27-22(26-20)16-9-6-5-7-10-16)25-14-15-11-12-19(30-3)17(24)13-15/h11-13,16H,4-10,14H2,1-3H3,(H,25,26,27). The van der Waals surface area contributed by atoms with Crippen molar-refractivity contribution < 1.29 is 4.74 Å². The first-order valence-corrected chi connectivity index (χ1v) is 11.3. The number of methoxy groups -OCH3 is 1. The van der Waals surface area contributed by atoms with E-state index in [2.05, 4.69) is 12.2 Å². The molecule has 1 aromatic carbocycles. The molecule has 0 aliphatic heterocycles. The van der Waals surface area contributed by atoms with E-state index in [9.17, 15) is 0 Å². The Balaban J connectivity index is 1.70. The smallest absolute Gasteiger partial charge is 0.156 e. The van der Waals surface area contributed by atoms with Crippen LogP contribution in [-0.2, 0) is 20.0 Å². The van der Waals surface area contributed by atoms with Crippen molar-refractivity contribution in [2.45, 2.75) is 64.3 Å². The number of rotatable bonds is 7. The highest BCUT2D eigenvalue weighted by molar-refractivity contribution is 6.32. The maximum atomic E-state index is 6.30. The van der Waals surface area contributed by atoms with Gasteiger partial charge in [-0.05, 0) is 37.0 Å². The van der Waals surface area contributed by atoms with E-state index in [0.29, 0.717) is 23.2 Å². The fourth-order valence-corrected chi connectivity index (χ4v) is 4.62. The van der Waals surface area contributed by atoms with E-state index in [4.69, 9.17) is 31.4 Å². The maximum absolute atomic E-state index is 6.30. The Morgan fingerprint density at radius 2 is 2.00 bits per heavy atom.